The predicted molar refractivity (Wildman–Crippen MR) is 217 cm³/mol. The summed E-state index contributed by atoms with van der Waals surface area (Å²) >= 11 is 0. The third kappa shape index (κ3) is 6.03. The van der Waals surface area contributed by atoms with Gasteiger partial charge in [0, 0.05) is 47.4 Å². The number of benzene rings is 3. The second kappa shape index (κ2) is 14.2. The van der Waals surface area contributed by atoms with Crippen LogP contribution in [0.5, 0.6) is 23.3 Å². The van der Waals surface area contributed by atoms with Gasteiger partial charge in [-0.2, -0.15) is 0 Å². The molecule has 6 aromatic rings. The van der Waals surface area contributed by atoms with Gasteiger partial charge in [0.1, 0.15) is 23.7 Å². The molecule has 3 aromatic heterocycles. The molecular weight excluding hydrogens is 701 g/mol. The Labute approximate surface area is 326 Å². The summed E-state index contributed by atoms with van der Waals surface area (Å²) in [6, 6.07) is 22.8. The average molecular weight is 747 g/mol. The van der Waals surface area contributed by atoms with Crippen molar-refractivity contribution in [3.8, 4) is 23.3 Å². The molecule has 0 spiro atoms. The molecule has 6 aliphatic heterocycles. The largest absolute Gasteiger partial charge is 0.508 e. The van der Waals surface area contributed by atoms with Crippen molar-refractivity contribution < 1.29 is 19.7 Å². The Bertz CT molecular complexity index is 2300. The number of fused-ring (bicyclic) bond motifs is 9. The summed E-state index contributed by atoms with van der Waals surface area (Å²) in [5.41, 5.74) is 3.50. The van der Waals surface area contributed by atoms with Crippen molar-refractivity contribution in [2.75, 3.05) is 26.2 Å². The van der Waals surface area contributed by atoms with Crippen LogP contribution in [0, 0.1) is 23.7 Å². The molecule has 0 amide bonds. The summed E-state index contributed by atoms with van der Waals surface area (Å²) in [6.45, 7) is 12.1. The average Bonchev–Trinajstić information content (AvgIpc) is 3.25. The van der Waals surface area contributed by atoms with Gasteiger partial charge in [0.25, 0.3) is 0 Å². The molecule has 12 rings (SSSR count). The lowest BCUT2D eigenvalue weighted by Gasteiger charge is -2.51. The molecule has 0 aliphatic carbocycles. The van der Waals surface area contributed by atoms with Crippen molar-refractivity contribution in [1.29, 1.82) is 0 Å². The van der Waals surface area contributed by atoms with Crippen LogP contribution in [0.15, 0.2) is 111 Å². The van der Waals surface area contributed by atoms with Gasteiger partial charge in [0.2, 0.25) is 11.8 Å². The first kappa shape index (κ1) is 34.9. The summed E-state index contributed by atoms with van der Waals surface area (Å²) < 4.78 is 14.3. The van der Waals surface area contributed by atoms with Gasteiger partial charge in [-0.3, -0.25) is 19.8 Å². The maximum absolute atomic E-state index is 10.6. The van der Waals surface area contributed by atoms with Crippen molar-refractivity contribution in [2.45, 2.75) is 50.0 Å². The van der Waals surface area contributed by atoms with E-state index in [2.05, 4.69) is 45.1 Å². The molecular formula is C46H46N6O4. The van der Waals surface area contributed by atoms with Crippen LogP contribution >= 0.6 is 0 Å². The molecule has 2 N–H and O–H groups in total. The molecule has 284 valence electrons. The number of pyridine rings is 2. The molecule has 6 saturated heterocycles. The highest BCUT2D eigenvalue weighted by Crippen LogP contribution is 2.47. The number of rotatable bonds is 10. The van der Waals surface area contributed by atoms with Crippen LogP contribution in [0.1, 0.15) is 49.0 Å². The molecule has 9 heterocycles. The highest BCUT2D eigenvalue weighted by Gasteiger charge is 2.46. The first-order chi connectivity index (χ1) is 27.4. The molecule has 0 radical (unpaired) electrons. The standard InChI is InChI=1S/C46H46N6O4/c1-3-27-25-51-19-15-29(27)21-41(51)43(33-13-17-47-39-11-9-31(53)23-37(33)39)55-45-35-7-5-6-8-36(35)46(50-49-45)56-44(42-22-30-16-20-52(42)26-28(30)4-2)34-14-18-48-40-12-10-32(54)24-38(34)40/h3-14,17-18,23-24,27-30,41-44,53-54H,1-2,15-16,19-22,25-26H2/t27?,28?,29?,30?,41-,42-,43+,44+/m0/s1. The third-order valence-corrected chi connectivity index (χ3v) is 13.2. The summed E-state index contributed by atoms with van der Waals surface area (Å²) in [7, 11) is 0. The maximum atomic E-state index is 10.6. The zero-order chi connectivity index (χ0) is 37.9. The van der Waals surface area contributed by atoms with Crippen LogP contribution in [-0.4, -0.2) is 78.4 Å². The van der Waals surface area contributed by atoms with Gasteiger partial charge in [-0.15, -0.1) is 23.4 Å². The van der Waals surface area contributed by atoms with E-state index >= 15 is 0 Å². The van der Waals surface area contributed by atoms with Crippen molar-refractivity contribution in [1.82, 2.24) is 30.0 Å². The van der Waals surface area contributed by atoms with Crippen LogP contribution in [-0.2, 0) is 0 Å². The van der Waals surface area contributed by atoms with Crippen LogP contribution in [0.4, 0.5) is 0 Å². The van der Waals surface area contributed by atoms with Crippen molar-refractivity contribution in [3.63, 3.8) is 0 Å². The SMILES string of the molecule is C=CC1CN2CCC1C[C@H]2[C@H](Oc1nnc(O[C@H](c2ccnc3ccc(O)cc23)[C@@H]2CC3CCN2CC3C=C)c2ccccc12)c1ccnc2ccc(O)cc12. The fourth-order valence-corrected chi connectivity index (χ4v) is 10.4. The van der Waals surface area contributed by atoms with Crippen LogP contribution in [0.25, 0.3) is 32.6 Å². The van der Waals surface area contributed by atoms with Crippen LogP contribution in [0.3, 0.4) is 0 Å². The van der Waals surface area contributed by atoms with Crippen molar-refractivity contribution >= 4 is 32.6 Å². The molecule has 0 saturated carbocycles. The van der Waals surface area contributed by atoms with Gasteiger partial charge >= 0.3 is 0 Å². The zero-order valence-corrected chi connectivity index (χ0v) is 31.3. The molecule has 4 bridgehead atoms. The summed E-state index contributed by atoms with van der Waals surface area (Å²) in [5.74, 6) is 3.15. The van der Waals surface area contributed by atoms with E-state index < -0.39 is 12.2 Å². The van der Waals surface area contributed by atoms with Crippen molar-refractivity contribution in [3.05, 3.63) is 122 Å². The summed E-state index contributed by atoms with van der Waals surface area (Å²) in [5, 5.41) is 34.2. The number of hydrogen-bond donors (Lipinski definition) is 2. The fourth-order valence-electron chi connectivity index (χ4n) is 10.4. The molecule has 10 heteroatoms. The van der Waals surface area contributed by atoms with Gasteiger partial charge in [0.15, 0.2) is 0 Å². The Morgan fingerprint density at radius 3 is 1.50 bits per heavy atom. The molecule has 10 nitrogen and oxygen atoms in total. The molecule has 6 fully saturated rings. The Kier molecular flexibility index (Phi) is 8.83. The number of phenols is 2. The second-order valence-corrected chi connectivity index (χ2v) is 16.1. The second-order valence-electron chi connectivity index (χ2n) is 16.1. The maximum Gasteiger partial charge on any atom is 0.242 e. The van der Waals surface area contributed by atoms with Gasteiger partial charge in [-0.05, 0) is 123 Å². The summed E-state index contributed by atoms with van der Waals surface area (Å²) in [6.07, 6.45) is 11.2. The van der Waals surface area contributed by atoms with E-state index in [0.717, 1.165) is 95.6 Å². The number of nitrogens with zero attached hydrogens (tertiary/aromatic N) is 6. The highest BCUT2D eigenvalue weighted by molar-refractivity contribution is 5.91. The molecule has 56 heavy (non-hydrogen) atoms. The topological polar surface area (TPSA) is 117 Å². The number of hydrogen-bond acceptors (Lipinski definition) is 10. The summed E-state index contributed by atoms with van der Waals surface area (Å²) in [4.78, 5) is 14.3. The number of ether oxygens (including phenoxy) is 2. The van der Waals surface area contributed by atoms with Gasteiger partial charge in [0.05, 0.1) is 33.9 Å². The monoisotopic (exact) mass is 746 g/mol. The van der Waals surface area contributed by atoms with E-state index in [1.54, 1.807) is 24.3 Å². The number of aromatic hydroxyl groups is 2. The van der Waals surface area contributed by atoms with E-state index in [1.807, 2.05) is 60.9 Å². The van der Waals surface area contributed by atoms with Crippen LogP contribution in [0.2, 0.25) is 0 Å². The van der Waals surface area contributed by atoms with Crippen LogP contribution < -0.4 is 9.47 Å². The molecule has 10 atom stereocenters. The highest BCUT2D eigenvalue weighted by atomic mass is 16.5. The minimum Gasteiger partial charge on any atom is -0.508 e. The molecule has 6 aliphatic rings. The van der Waals surface area contributed by atoms with Crippen molar-refractivity contribution in [2.24, 2.45) is 23.7 Å². The van der Waals surface area contributed by atoms with Gasteiger partial charge in [-0.25, -0.2) is 0 Å². The minimum absolute atomic E-state index is 0.0744. The van der Waals surface area contributed by atoms with E-state index in [0.29, 0.717) is 35.4 Å². The first-order valence-corrected chi connectivity index (χ1v) is 19.9. The first-order valence-electron chi connectivity index (χ1n) is 19.9. The smallest absolute Gasteiger partial charge is 0.242 e. The number of phenolic OH excluding ortho intramolecular Hbond substituents is 2. The Balaban J connectivity index is 1.06. The van der Waals surface area contributed by atoms with Gasteiger partial charge in [-0.1, -0.05) is 24.3 Å². The Morgan fingerprint density at radius 2 is 1.09 bits per heavy atom. The lowest BCUT2D eigenvalue weighted by molar-refractivity contribution is -0.0382. The van der Waals surface area contributed by atoms with Gasteiger partial charge < -0.3 is 19.7 Å². The zero-order valence-electron chi connectivity index (χ0n) is 31.3. The number of piperidine rings is 6. The lowest BCUT2D eigenvalue weighted by Crippen LogP contribution is -2.55. The Morgan fingerprint density at radius 1 is 0.625 bits per heavy atom. The van der Waals surface area contributed by atoms with E-state index in [4.69, 9.17) is 19.7 Å². The third-order valence-electron chi connectivity index (χ3n) is 13.2. The minimum atomic E-state index is -0.410. The predicted octanol–water partition coefficient (Wildman–Crippen LogP) is 8.17. The quantitative estimate of drug-likeness (QED) is 0.133. The van der Waals surface area contributed by atoms with E-state index in [1.165, 1.54) is 0 Å². The normalized spacial score (nSPS) is 27.9. The Hall–Kier alpha value is -5.58. The lowest BCUT2D eigenvalue weighted by atomic mass is 9.73. The number of aromatic nitrogens is 4. The fraction of sp³-hybridized carbons (Fsp3) is 0.348. The molecule has 6 unspecified atom stereocenters. The molecule has 3 aromatic carbocycles. The van der Waals surface area contributed by atoms with E-state index in [9.17, 15) is 10.2 Å². The van der Waals surface area contributed by atoms with E-state index in [-0.39, 0.29) is 23.6 Å².